The average molecular weight is 191 g/mol. The molecule has 0 amide bonds. The molecule has 1 N–H and O–H groups in total. The van der Waals surface area contributed by atoms with Crippen molar-refractivity contribution in [3.8, 4) is 0 Å². The highest BCUT2D eigenvalue weighted by atomic mass is 16.5. The molecule has 4 heteroatoms. The van der Waals surface area contributed by atoms with Crippen molar-refractivity contribution >= 4 is 0 Å². The van der Waals surface area contributed by atoms with Crippen LogP contribution in [0.5, 0.6) is 0 Å². The van der Waals surface area contributed by atoms with E-state index in [0.29, 0.717) is 39.6 Å². The number of aliphatic hydroxyl groups excluding tert-OH is 1. The third kappa shape index (κ3) is 11.7. The fourth-order valence-corrected chi connectivity index (χ4v) is 0.709. The Labute approximate surface area is 79.8 Å². The lowest BCUT2D eigenvalue weighted by Gasteiger charge is -2.04. The van der Waals surface area contributed by atoms with Gasteiger partial charge in [-0.3, -0.25) is 0 Å². The molecule has 0 aliphatic carbocycles. The van der Waals surface area contributed by atoms with Crippen molar-refractivity contribution in [3.05, 3.63) is 6.92 Å². The van der Waals surface area contributed by atoms with Crippen molar-refractivity contribution in [1.29, 1.82) is 0 Å². The predicted molar refractivity (Wildman–Crippen MR) is 49.5 cm³/mol. The van der Waals surface area contributed by atoms with Crippen LogP contribution in [0.3, 0.4) is 0 Å². The van der Waals surface area contributed by atoms with E-state index in [2.05, 4.69) is 6.92 Å². The van der Waals surface area contributed by atoms with Gasteiger partial charge in [-0.25, -0.2) is 0 Å². The van der Waals surface area contributed by atoms with Crippen molar-refractivity contribution in [3.63, 3.8) is 0 Å². The Balaban J connectivity index is 2.76. The summed E-state index contributed by atoms with van der Waals surface area (Å²) in [4.78, 5) is 0. The minimum atomic E-state index is 0.0621. The third-order valence-electron chi connectivity index (χ3n) is 1.27. The van der Waals surface area contributed by atoms with Crippen LogP contribution in [-0.4, -0.2) is 51.4 Å². The van der Waals surface area contributed by atoms with Crippen molar-refractivity contribution in [2.24, 2.45) is 0 Å². The van der Waals surface area contributed by atoms with Crippen LogP contribution in [0.2, 0.25) is 0 Å². The molecule has 0 aromatic heterocycles. The highest BCUT2D eigenvalue weighted by Gasteiger charge is 1.90. The van der Waals surface area contributed by atoms with Gasteiger partial charge in [-0.2, -0.15) is 0 Å². The zero-order valence-electron chi connectivity index (χ0n) is 8.04. The second-order valence-corrected chi connectivity index (χ2v) is 2.41. The van der Waals surface area contributed by atoms with E-state index in [-0.39, 0.29) is 6.61 Å². The smallest absolute Gasteiger partial charge is 0.108 e. The van der Waals surface area contributed by atoms with E-state index in [1.54, 1.807) is 0 Å². The Morgan fingerprint density at radius 2 is 1.23 bits per heavy atom. The van der Waals surface area contributed by atoms with E-state index >= 15 is 0 Å². The molecule has 0 radical (unpaired) electrons. The van der Waals surface area contributed by atoms with Gasteiger partial charge in [-0.1, -0.05) is 0 Å². The van der Waals surface area contributed by atoms with E-state index in [1.807, 2.05) is 0 Å². The third-order valence-corrected chi connectivity index (χ3v) is 1.27. The van der Waals surface area contributed by atoms with Crippen LogP contribution in [-0.2, 0) is 14.2 Å². The molecular weight excluding hydrogens is 172 g/mol. The maximum atomic E-state index is 8.37. The summed E-state index contributed by atoms with van der Waals surface area (Å²) < 4.78 is 15.3. The maximum Gasteiger partial charge on any atom is 0.108 e. The summed E-state index contributed by atoms with van der Waals surface area (Å²) in [5, 5.41) is 8.37. The predicted octanol–water partition coefficient (Wildman–Crippen LogP) is 0.253. The highest BCUT2D eigenvalue weighted by molar-refractivity contribution is 4.37. The molecular formula is C9H19O4+. The lowest BCUT2D eigenvalue weighted by molar-refractivity contribution is 0.00833. The van der Waals surface area contributed by atoms with Gasteiger partial charge in [0.1, 0.15) is 6.42 Å². The second kappa shape index (κ2) is 11.7. The fraction of sp³-hybridized carbons (Fsp3) is 0.889. The first-order valence-electron chi connectivity index (χ1n) is 4.55. The molecule has 78 valence electrons. The first-order valence-corrected chi connectivity index (χ1v) is 4.55. The van der Waals surface area contributed by atoms with E-state index in [4.69, 9.17) is 19.3 Å². The van der Waals surface area contributed by atoms with Gasteiger partial charge >= 0.3 is 0 Å². The minimum Gasteiger partial charge on any atom is -0.394 e. The van der Waals surface area contributed by atoms with Crippen LogP contribution >= 0.6 is 0 Å². The van der Waals surface area contributed by atoms with Gasteiger partial charge in [0.05, 0.1) is 53.2 Å². The molecule has 0 aromatic carbocycles. The number of ether oxygens (including phenoxy) is 3. The van der Waals surface area contributed by atoms with Gasteiger partial charge in [0.15, 0.2) is 0 Å². The number of hydrogen-bond acceptors (Lipinski definition) is 4. The molecule has 0 atom stereocenters. The first kappa shape index (κ1) is 12.7. The van der Waals surface area contributed by atoms with E-state index in [9.17, 15) is 0 Å². The zero-order chi connectivity index (χ0) is 9.78. The van der Waals surface area contributed by atoms with Gasteiger partial charge in [0, 0.05) is 0 Å². The molecule has 0 aromatic rings. The highest BCUT2D eigenvalue weighted by Crippen LogP contribution is 1.82. The Morgan fingerprint density at radius 3 is 1.69 bits per heavy atom. The lowest BCUT2D eigenvalue weighted by Crippen LogP contribution is -2.10. The Bertz CT molecular complexity index is 77.7. The first-order chi connectivity index (χ1) is 6.41. The van der Waals surface area contributed by atoms with Crippen LogP contribution in [0.15, 0.2) is 0 Å². The molecule has 13 heavy (non-hydrogen) atoms. The van der Waals surface area contributed by atoms with Crippen LogP contribution in [0.1, 0.15) is 6.42 Å². The molecule has 0 heterocycles. The molecule has 0 unspecified atom stereocenters. The molecule has 0 spiro atoms. The Hall–Kier alpha value is -0.290. The van der Waals surface area contributed by atoms with E-state index in [0.717, 1.165) is 6.42 Å². The van der Waals surface area contributed by atoms with E-state index in [1.165, 1.54) is 0 Å². The fourth-order valence-electron chi connectivity index (χ4n) is 0.709. The van der Waals surface area contributed by atoms with Crippen molar-refractivity contribution in [2.45, 2.75) is 6.42 Å². The van der Waals surface area contributed by atoms with Gasteiger partial charge in [-0.15, -0.1) is 0 Å². The summed E-state index contributed by atoms with van der Waals surface area (Å²) in [5.74, 6) is 0. The Morgan fingerprint density at radius 1 is 0.769 bits per heavy atom. The van der Waals surface area contributed by atoms with Gasteiger partial charge in [0.25, 0.3) is 0 Å². The van der Waals surface area contributed by atoms with Gasteiger partial charge in [-0.05, 0) is 0 Å². The minimum absolute atomic E-state index is 0.0621. The molecule has 4 nitrogen and oxygen atoms in total. The summed E-state index contributed by atoms with van der Waals surface area (Å²) in [6.45, 7) is 7.03. The second-order valence-electron chi connectivity index (χ2n) is 2.41. The topological polar surface area (TPSA) is 47.9 Å². The molecule has 0 saturated carbocycles. The largest absolute Gasteiger partial charge is 0.394 e. The normalized spacial score (nSPS) is 10.5. The van der Waals surface area contributed by atoms with Crippen LogP contribution < -0.4 is 0 Å². The van der Waals surface area contributed by atoms with Crippen LogP contribution in [0, 0.1) is 6.92 Å². The Kier molecular flexibility index (Phi) is 11.4. The van der Waals surface area contributed by atoms with E-state index < -0.39 is 0 Å². The molecule has 0 aliphatic rings. The average Bonchev–Trinajstić information content (AvgIpc) is 2.16. The molecule has 0 aliphatic heterocycles. The van der Waals surface area contributed by atoms with Gasteiger partial charge < -0.3 is 19.3 Å². The molecule has 0 saturated heterocycles. The summed E-state index contributed by atoms with van der Waals surface area (Å²) >= 11 is 0. The quantitative estimate of drug-likeness (QED) is 0.397. The summed E-state index contributed by atoms with van der Waals surface area (Å²) in [6, 6.07) is 0. The SMILES string of the molecule is [CH2+]CCOCCOCCOCCO. The summed E-state index contributed by atoms with van der Waals surface area (Å²) in [7, 11) is 0. The van der Waals surface area contributed by atoms with Crippen LogP contribution in [0.25, 0.3) is 0 Å². The monoisotopic (exact) mass is 191 g/mol. The molecule has 0 bridgehead atoms. The number of hydrogen-bond donors (Lipinski definition) is 1. The van der Waals surface area contributed by atoms with Crippen molar-refractivity contribution in [1.82, 2.24) is 0 Å². The molecule has 0 rings (SSSR count). The summed E-state index contributed by atoms with van der Waals surface area (Å²) in [6.07, 6.45) is 0.791. The zero-order valence-corrected chi connectivity index (χ0v) is 8.04. The number of rotatable bonds is 10. The maximum absolute atomic E-state index is 8.37. The summed E-state index contributed by atoms with van der Waals surface area (Å²) in [5.41, 5.74) is 0. The van der Waals surface area contributed by atoms with Crippen molar-refractivity contribution in [2.75, 3.05) is 46.2 Å². The number of aliphatic hydroxyl groups is 1. The molecule has 0 fully saturated rings. The van der Waals surface area contributed by atoms with Crippen molar-refractivity contribution < 1.29 is 19.3 Å². The van der Waals surface area contributed by atoms with Crippen LogP contribution in [0.4, 0.5) is 0 Å². The van der Waals surface area contributed by atoms with Gasteiger partial charge in [0.2, 0.25) is 0 Å². The standard InChI is InChI=1S/C9H19O4/c1-2-4-11-6-8-13-9-7-12-5-3-10/h10H,1-9H2/q+1. The lowest BCUT2D eigenvalue weighted by atomic mass is 10.5.